The van der Waals surface area contributed by atoms with Gasteiger partial charge in [0.2, 0.25) is 0 Å². The van der Waals surface area contributed by atoms with Crippen molar-refractivity contribution in [2.45, 2.75) is 13.1 Å². The predicted molar refractivity (Wildman–Crippen MR) is 58.7 cm³/mol. The van der Waals surface area contributed by atoms with Gasteiger partial charge in [-0.2, -0.15) is 0 Å². The molecule has 0 amide bonds. The zero-order valence-electron chi connectivity index (χ0n) is 7.10. The highest BCUT2D eigenvalue weighted by Crippen LogP contribution is 1.91. The third kappa shape index (κ3) is 7.66. The second-order valence-corrected chi connectivity index (χ2v) is 9.60. The maximum absolute atomic E-state index is 8.51. The highest BCUT2D eigenvalue weighted by atomic mass is 32.1. The van der Waals surface area contributed by atoms with Gasteiger partial charge < -0.3 is 21.0 Å². The van der Waals surface area contributed by atoms with Crippen molar-refractivity contribution < 1.29 is 21.0 Å². The largest absolute Gasteiger partial charge is 0.423 e. The van der Waals surface area contributed by atoms with Gasteiger partial charge in [0.1, 0.15) is 0 Å². The van der Waals surface area contributed by atoms with E-state index in [1.807, 2.05) is 13.1 Å². The van der Waals surface area contributed by atoms with E-state index < -0.39 is 38.6 Å². The van der Waals surface area contributed by atoms with Gasteiger partial charge in [0.05, 0.1) is 0 Å². The first-order valence-electron chi connectivity index (χ1n) is 3.46. The molecule has 1 N–H and O–H groups in total. The summed E-state index contributed by atoms with van der Waals surface area (Å²) in [5, 5.41) is 0. The summed E-state index contributed by atoms with van der Waals surface area (Å²) in [6.45, 7) is 3.74. The second-order valence-electron chi connectivity index (χ2n) is 1.99. The summed E-state index contributed by atoms with van der Waals surface area (Å²) in [6.07, 6.45) is 0. The van der Waals surface area contributed by atoms with Gasteiger partial charge >= 0.3 is 9.28 Å². The Kier molecular flexibility index (Phi) is 9.34. The zero-order valence-corrected chi connectivity index (χ0v) is 13.1. The average molecular weight is 263 g/mol. The minimum atomic E-state index is -1.58. The Labute approximate surface area is 85.8 Å². The summed E-state index contributed by atoms with van der Waals surface area (Å²) in [6, 6.07) is 0. The molecule has 0 aliphatic heterocycles. The molecule has 0 rings (SSSR count). The minimum Gasteiger partial charge on any atom is -0.423 e. The molecular weight excluding hydrogens is 248 g/mol. The number of rotatable bonds is 7. The highest BCUT2D eigenvalue weighted by molar-refractivity contribution is 7.76. The van der Waals surface area contributed by atoms with E-state index in [-0.39, 0.29) is 0 Å². The second kappa shape index (κ2) is 8.61. The van der Waals surface area contributed by atoms with Crippen LogP contribution < -0.4 is 0 Å². The molecule has 0 spiro atoms. The number of hydrogen-bond donors (Lipinski definition) is 2. The Morgan fingerprint density at radius 1 is 1.17 bits per heavy atom. The standard InChI is InChI=1S/C2H14O5SSi4/c1-11(4-8)6-10-7-12(2)5-9-3/h3,8,11-12H,9-10H2,1-2H3. The van der Waals surface area contributed by atoms with Crippen molar-refractivity contribution in [2.75, 3.05) is 0 Å². The molecule has 0 aliphatic carbocycles. The molecule has 74 valence electrons. The Balaban J connectivity index is 3.18. The fraction of sp³-hybridized carbons (Fsp3) is 1.00. The molecule has 0 fully saturated rings. The molecule has 0 aliphatic rings. The van der Waals surface area contributed by atoms with Gasteiger partial charge in [-0.3, -0.25) is 0 Å². The smallest absolute Gasteiger partial charge is 0.322 e. The molecule has 0 saturated heterocycles. The maximum atomic E-state index is 8.51. The molecule has 10 heteroatoms. The molecule has 0 heterocycles. The van der Waals surface area contributed by atoms with Crippen LogP contribution in [0.15, 0.2) is 0 Å². The van der Waals surface area contributed by atoms with Crippen LogP contribution in [-0.4, -0.2) is 43.4 Å². The molecule has 12 heavy (non-hydrogen) atoms. The lowest BCUT2D eigenvalue weighted by Crippen LogP contribution is -2.27. The molecule has 0 bridgehead atoms. The van der Waals surface area contributed by atoms with E-state index in [1.165, 1.54) is 0 Å². The van der Waals surface area contributed by atoms with Gasteiger partial charge in [-0.25, -0.2) is 0 Å². The molecule has 2 atom stereocenters. The Hall–Kier alpha value is 1.02. The van der Waals surface area contributed by atoms with Crippen LogP contribution in [-0.2, 0) is 16.2 Å². The van der Waals surface area contributed by atoms with Crippen molar-refractivity contribution in [1.82, 2.24) is 0 Å². The summed E-state index contributed by atoms with van der Waals surface area (Å²) in [5.74, 6) is 0. The maximum Gasteiger partial charge on any atom is 0.322 e. The molecule has 2 unspecified atom stereocenters. The van der Waals surface area contributed by atoms with E-state index in [1.54, 1.807) is 0 Å². The molecule has 5 nitrogen and oxygen atoms in total. The van der Waals surface area contributed by atoms with Gasteiger partial charge in [0.25, 0.3) is 29.3 Å². The van der Waals surface area contributed by atoms with Gasteiger partial charge in [-0.1, -0.05) is 0 Å². The molecule has 0 radical (unpaired) electrons. The zero-order chi connectivity index (χ0) is 9.40. The van der Waals surface area contributed by atoms with Crippen LogP contribution in [0.25, 0.3) is 0 Å². The van der Waals surface area contributed by atoms with Crippen LogP contribution in [0, 0.1) is 0 Å². The molecule has 0 aromatic carbocycles. The minimum absolute atomic E-state index is 0.979. The quantitative estimate of drug-likeness (QED) is 0.304. The van der Waals surface area contributed by atoms with Crippen molar-refractivity contribution in [3.05, 3.63) is 0 Å². The first-order valence-corrected chi connectivity index (χ1v) is 10.4. The average Bonchev–Trinajstić information content (AvgIpc) is 2.04. The van der Waals surface area contributed by atoms with Gasteiger partial charge in [0.15, 0.2) is 0 Å². The van der Waals surface area contributed by atoms with Crippen molar-refractivity contribution in [3.8, 4) is 0 Å². The predicted octanol–water partition coefficient (Wildman–Crippen LogP) is -2.41. The van der Waals surface area contributed by atoms with Crippen LogP contribution in [0.4, 0.5) is 0 Å². The summed E-state index contributed by atoms with van der Waals surface area (Å²) < 4.78 is 20.2. The van der Waals surface area contributed by atoms with E-state index in [0.29, 0.717) is 0 Å². The SMILES string of the molecule is C[SiH](OS)O[SiH2]O[SiH](C)O[SiH2]O. The van der Waals surface area contributed by atoms with Crippen LogP contribution >= 0.6 is 12.9 Å². The van der Waals surface area contributed by atoms with E-state index >= 15 is 0 Å². The van der Waals surface area contributed by atoms with Crippen molar-refractivity contribution >= 4 is 51.5 Å². The summed E-state index contributed by atoms with van der Waals surface area (Å²) in [5.41, 5.74) is 0. The van der Waals surface area contributed by atoms with Crippen LogP contribution in [0.1, 0.15) is 0 Å². The van der Waals surface area contributed by atoms with Crippen molar-refractivity contribution in [2.24, 2.45) is 0 Å². The van der Waals surface area contributed by atoms with Gasteiger partial charge in [0, 0.05) is 0 Å². The van der Waals surface area contributed by atoms with Crippen LogP contribution in [0.3, 0.4) is 0 Å². The Morgan fingerprint density at radius 3 is 2.25 bits per heavy atom. The summed E-state index contributed by atoms with van der Waals surface area (Å²) >= 11 is 3.63. The Morgan fingerprint density at radius 2 is 1.75 bits per heavy atom. The monoisotopic (exact) mass is 262 g/mol. The Bertz CT molecular complexity index is 107. The lowest BCUT2D eigenvalue weighted by Gasteiger charge is -2.13. The van der Waals surface area contributed by atoms with E-state index in [2.05, 4.69) is 12.9 Å². The highest BCUT2D eigenvalue weighted by Gasteiger charge is 2.07. The normalized spacial score (nSPS) is 18.0. The van der Waals surface area contributed by atoms with Crippen LogP contribution in [0.2, 0.25) is 13.1 Å². The summed E-state index contributed by atoms with van der Waals surface area (Å²) in [4.78, 5) is 8.51. The van der Waals surface area contributed by atoms with Crippen molar-refractivity contribution in [1.29, 1.82) is 0 Å². The lowest BCUT2D eigenvalue weighted by atomic mass is 11.9. The molecule has 0 aromatic heterocycles. The summed E-state index contributed by atoms with van der Waals surface area (Å²) in [7, 11) is -5.42. The first kappa shape index (κ1) is 13.0. The molecule has 0 saturated carbocycles. The number of hydrogen-bond acceptors (Lipinski definition) is 6. The fourth-order valence-electron chi connectivity index (χ4n) is 0.414. The first-order chi connectivity index (χ1) is 5.70. The van der Waals surface area contributed by atoms with E-state index in [4.69, 9.17) is 21.0 Å². The van der Waals surface area contributed by atoms with E-state index in [0.717, 1.165) is 0 Å². The third-order valence-electron chi connectivity index (χ3n) is 1.06. The number of thiol groups is 1. The van der Waals surface area contributed by atoms with Gasteiger partial charge in [-0.05, 0) is 26.0 Å². The van der Waals surface area contributed by atoms with Crippen LogP contribution in [0.5, 0.6) is 0 Å². The third-order valence-corrected chi connectivity index (χ3v) is 9.57. The lowest BCUT2D eigenvalue weighted by molar-refractivity contribution is 0.363. The van der Waals surface area contributed by atoms with Gasteiger partial charge in [-0.15, -0.1) is 0 Å². The molecule has 0 aromatic rings. The van der Waals surface area contributed by atoms with E-state index in [9.17, 15) is 0 Å². The fourth-order valence-corrected chi connectivity index (χ4v) is 5.85. The topological polar surface area (TPSA) is 57.2 Å². The van der Waals surface area contributed by atoms with Crippen molar-refractivity contribution in [3.63, 3.8) is 0 Å². The molecular formula is C2H14O5SSi4.